The molecule has 1 saturated carbocycles. The number of aromatic nitrogens is 2. The fourth-order valence-corrected chi connectivity index (χ4v) is 5.93. The Bertz CT molecular complexity index is 1210. The highest BCUT2D eigenvalue weighted by Crippen LogP contribution is 2.42. The van der Waals surface area contributed by atoms with Crippen molar-refractivity contribution in [3.63, 3.8) is 0 Å². The Morgan fingerprint density at radius 1 is 1.29 bits per heavy atom. The molecule has 1 aliphatic heterocycles. The van der Waals surface area contributed by atoms with Gasteiger partial charge in [-0.25, -0.2) is 17.2 Å². The van der Waals surface area contributed by atoms with Crippen molar-refractivity contribution in [3.8, 4) is 11.5 Å². The van der Waals surface area contributed by atoms with Crippen molar-refractivity contribution in [2.45, 2.75) is 68.0 Å². The lowest BCUT2D eigenvalue weighted by Crippen LogP contribution is -2.58. The molecular weight excluding hydrogens is 494 g/mol. The van der Waals surface area contributed by atoms with Crippen molar-refractivity contribution < 1.29 is 44.0 Å². The minimum absolute atomic E-state index is 0.00743. The molecule has 2 atom stereocenters. The Morgan fingerprint density at radius 2 is 2.00 bits per heavy atom. The van der Waals surface area contributed by atoms with Gasteiger partial charge in [0, 0.05) is 37.9 Å². The first-order chi connectivity index (χ1) is 15.7. The van der Waals surface area contributed by atoms with Crippen LogP contribution in [0, 0.1) is 0 Å². The number of halogens is 6. The van der Waals surface area contributed by atoms with E-state index in [2.05, 4.69) is 10.2 Å². The van der Waals surface area contributed by atoms with Crippen LogP contribution in [0.5, 0.6) is 0 Å². The highest BCUT2D eigenvalue weighted by molar-refractivity contribution is 7.89. The van der Waals surface area contributed by atoms with Crippen LogP contribution in [0.1, 0.15) is 44.1 Å². The number of carbonyl (C=O) groups excluding carboxylic acids is 1. The summed E-state index contributed by atoms with van der Waals surface area (Å²) in [6.07, 6.45) is -5.14. The fourth-order valence-electron chi connectivity index (χ4n) is 4.05. The van der Waals surface area contributed by atoms with Crippen LogP contribution >= 0.6 is 0 Å². The number of nitrogens with zero attached hydrogens (tertiary/aromatic N) is 3. The lowest BCUT2D eigenvalue weighted by atomic mass is 9.87. The van der Waals surface area contributed by atoms with Gasteiger partial charge in [-0.1, -0.05) is 6.07 Å². The summed E-state index contributed by atoms with van der Waals surface area (Å²) in [6.45, 7) is -0.00454. The van der Waals surface area contributed by atoms with Crippen molar-refractivity contribution in [2.24, 2.45) is 0 Å². The molecule has 2 aromatic rings. The highest BCUT2D eigenvalue weighted by atomic mass is 32.2. The van der Waals surface area contributed by atoms with E-state index in [-0.39, 0.29) is 28.5 Å². The van der Waals surface area contributed by atoms with E-state index in [9.17, 15) is 39.6 Å². The molecule has 1 fully saturated rings. The first-order valence-electron chi connectivity index (χ1n) is 10.0. The lowest BCUT2D eigenvalue weighted by Gasteiger charge is -2.40. The van der Waals surface area contributed by atoms with Crippen LogP contribution in [0.15, 0.2) is 27.5 Å². The number of hydrogen-bond donors (Lipinski definition) is 1. The number of fused-ring (bicyclic) bond motifs is 1. The molecule has 1 amide bonds. The first kappa shape index (κ1) is 24.4. The van der Waals surface area contributed by atoms with Gasteiger partial charge in [0.2, 0.25) is 21.8 Å². The van der Waals surface area contributed by atoms with Crippen LogP contribution in [0.4, 0.5) is 26.3 Å². The van der Waals surface area contributed by atoms with E-state index in [0.29, 0.717) is 6.92 Å². The van der Waals surface area contributed by atoms with Gasteiger partial charge in [-0.15, -0.1) is 10.2 Å². The summed E-state index contributed by atoms with van der Waals surface area (Å²) in [7, 11) is -4.42. The smallest absolute Gasteiger partial charge is 0.321 e. The molecule has 2 aliphatic rings. The molecule has 186 valence electrons. The molecule has 0 radical (unpaired) electrons. The van der Waals surface area contributed by atoms with Crippen LogP contribution in [-0.2, 0) is 21.4 Å². The van der Waals surface area contributed by atoms with E-state index in [4.69, 9.17) is 4.42 Å². The normalized spacial score (nSPS) is 24.2. The monoisotopic (exact) mass is 512 g/mol. The molecule has 1 aromatic heterocycles. The summed E-state index contributed by atoms with van der Waals surface area (Å²) in [5, 5.41) is 8.63. The Labute approximate surface area is 189 Å². The number of sulfonamides is 1. The number of carbonyl (C=O) groups is 1. The second-order valence-corrected chi connectivity index (χ2v) is 10.1. The van der Waals surface area contributed by atoms with Gasteiger partial charge in [-0.3, -0.25) is 4.79 Å². The van der Waals surface area contributed by atoms with Crippen molar-refractivity contribution in [2.75, 3.05) is 0 Å². The fraction of sp³-hybridized carbons (Fsp3) is 0.526. The van der Waals surface area contributed by atoms with Gasteiger partial charge >= 0.3 is 12.3 Å². The zero-order valence-electron chi connectivity index (χ0n) is 17.4. The lowest BCUT2D eigenvalue weighted by molar-refractivity contribution is -0.145. The van der Waals surface area contributed by atoms with Crippen LogP contribution in [-0.4, -0.2) is 52.8 Å². The quantitative estimate of drug-likeness (QED) is 0.615. The van der Waals surface area contributed by atoms with E-state index in [0.717, 1.165) is 10.4 Å². The predicted octanol–water partition coefficient (Wildman–Crippen LogP) is 3.51. The number of benzene rings is 1. The summed E-state index contributed by atoms with van der Waals surface area (Å²) in [6, 6.07) is 0.994. The molecule has 0 saturated heterocycles. The van der Waals surface area contributed by atoms with Crippen LogP contribution < -0.4 is 5.32 Å². The molecule has 8 nitrogen and oxygen atoms in total. The molecule has 1 N–H and O–H groups in total. The number of rotatable bonds is 5. The molecular formula is C19H18F6N4O4S. The topological polar surface area (TPSA) is 105 Å². The van der Waals surface area contributed by atoms with E-state index in [1.165, 1.54) is 12.1 Å². The summed E-state index contributed by atoms with van der Waals surface area (Å²) < 4.78 is 113. The Kier molecular flexibility index (Phi) is 5.91. The van der Waals surface area contributed by atoms with Gasteiger partial charge in [-0.05, 0) is 24.1 Å². The Hall–Kier alpha value is -2.68. The third kappa shape index (κ3) is 4.50. The number of amides is 1. The maximum Gasteiger partial charge on any atom is 0.321 e. The largest absolute Gasteiger partial charge is 0.415 e. The summed E-state index contributed by atoms with van der Waals surface area (Å²) >= 11 is 0. The molecule has 15 heteroatoms. The Morgan fingerprint density at radius 3 is 2.62 bits per heavy atom. The van der Waals surface area contributed by atoms with Gasteiger partial charge in [0.05, 0.1) is 10.9 Å². The Balaban J connectivity index is 1.66. The van der Waals surface area contributed by atoms with Gasteiger partial charge in [0.1, 0.15) is 0 Å². The number of hydrogen-bond acceptors (Lipinski definition) is 6. The third-order valence-corrected chi connectivity index (χ3v) is 7.69. The summed E-state index contributed by atoms with van der Waals surface area (Å²) in [5.74, 6) is -10.1. The highest BCUT2D eigenvalue weighted by Gasteiger charge is 2.51. The summed E-state index contributed by atoms with van der Waals surface area (Å²) in [4.78, 5) is 11.5. The van der Waals surface area contributed by atoms with E-state index in [1.54, 1.807) is 0 Å². The molecule has 0 bridgehead atoms. The molecule has 0 unspecified atom stereocenters. The van der Waals surface area contributed by atoms with Crippen molar-refractivity contribution >= 4 is 15.9 Å². The predicted molar refractivity (Wildman–Crippen MR) is 103 cm³/mol. The second kappa shape index (κ2) is 8.22. The van der Waals surface area contributed by atoms with Gasteiger partial charge in [0.15, 0.2) is 0 Å². The minimum atomic E-state index is -4.42. The van der Waals surface area contributed by atoms with Crippen molar-refractivity contribution in [1.82, 2.24) is 19.8 Å². The molecule has 2 heterocycles. The van der Waals surface area contributed by atoms with Gasteiger partial charge in [0.25, 0.3) is 11.8 Å². The standard InChI is InChI=1S/C19H18F6N4O4S/c1-18(22,23)17(30)26-11-4-5-19(24,25)7-12(11)29-8-10-3-2-9(6-13(10)34(29,31)32)15-27-28-16(33-15)14(20)21/h2-3,6,11-12,14H,4-5,7-8H2,1H3,(H,26,30)/t11-,12-/m1/s1. The van der Waals surface area contributed by atoms with Crippen molar-refractivity contribution in [1.29, 1.82) is 0 Å². The van der Waals surface area contributed by atoms with E-state index >= 15 is 0 Å². The molecule has 1 aromatic carbocycles. The molecule has 34 heavy (non-hydrogen) atoms. The van der Waals surface area contributed by atoms with Gasteiger partial charge in [-0.2, -0.15) is 21.9 Å². The zero-order valence-corrected chi connectivity index (χ0v) is 18.3. The number of alkyl halides is 6. The molecule has 4 rings (SSSR count). The molecule has 1 aliphatic carbocycles. The maximum absolute atomic E-state index is 14.2. The van der Waals surface area contributed by atoms with E-state index < -0.39 is 71.4 Å². The number of nitrogens with one attached hydrogen (secondary N) is 1. The molecule has 0 spiro atoms. The van der Waals surface area contributed by atoms with Crippen LogP contribution in [0.25, 0.3) is 11.5 Å². The van der Waals surface area contributed by atoms with E-state index in [1.807, 2.05) is 5.32 Å². The first-order valence-corrected chi connectivity index (χ1v) is 11.5. The second-order valence-electron chi connectivity index (χ2n) is 8.25. The summed E-state index contributed by atoms with van der Waals surface area (Å²) in [5.41, 5.74) is 0.213. The van der Waals surface area contributed by atoms with Crippen LogP contribution in [0.2, 0.25) is 0 Å². The average Bonchev–Trinajstić information content (AvgIpc) is 3.31. The van der Waals surface area contributed by atoms with Crippen molar-refractivity contribution in [3.05, 3.63) is 29.7 Å². The average molecular weight is 512 g/mol. The maximum atomic E-state index is 14.2. The van der Waals surface area contributed by atoms with Gasteiger partial charge < -0.3 is 9.73 Å². The third-order valence-electron chi connectivity index (χ3n) is 5.73. The zero-order chi connectivity index (χ0) is 25.1. The minimum Gasteiger partial charge on any atom is -0.415 e. The SMILES string of the molecule is CC(F)(F)C(=O)N[C@@H]1CCC(F)(F)C[C@H]1N1Cc2ccc(-c3nnc(C(F)F)o3)cc2S1(=O)=O. The van der Waals surface area contributed by atoms with Crippen LogP contribution in [0.3, 0.4) is 0 Å².